The number of benzene rings is 2. The van der Waals surface area contributed by atoms with E-state index in [0.717, 1.165) is 12.1 Å². The summed E-state index contributed by atoms with van der Waals surface area (Å²) in [5.74, 6) is 0.0248. The van der Waals surface area contributed by atoms with Crippen molar-refractivity contribution in [3.63, 3.8) is 0 Å². The van der Waals surface area contributed by atoms with Crippen LogP contribution in [0.1, 0.15) is 0 Å². The summed E-state index contributed by atoms with van der Waals surface area (Å²) in [6, 6.07) is 9.25. The molecule has 162 valence electrons. The van der Waals surface area contributed by atoms with E-state index in [0.29, 0.717) is 41.1 Å². The molecule has 1 aliphatic heterocycles. The first-order valence-electron chi connectivity index (χ1n) is 8.93. The maximum absolute atomic E-state index is 12.7. The van der Waals surface area contributed by atoms with Gasteiger partial charge in [-0.15, -0.1) is 13.2 Å². The SMILES string of the molecule is O=C(Nc1ccc(Cl)c(Cl)c1)N1CCNCC1COc1ccc(OC(F)(F)F)cc1. The fraction of sp³-hybridized carbons (Fsp3) is 0.316. The second kappa shape index (κ2) is 9.63. The third-order valence-electron chi connectivity index (χ3n) is 4.28. The molecule has 0 radical (unpaired) electrons. The first-order chi connectivity index (χ1) is 14.2. The van der Waals surface area contributed by atoms with Crippen molar-refractivity contribution >= 4 is 34.9 Å². The zero-order valence-corrected chi connectivity index (χ0v) is 17.0. The Hall–Kier alpha value is -2.36. The van der Waals surface area contributed by atoms with Gasteiger partial charge in [0.05, 0.1) is 16.1 Å². The minimum atomic E-state index is -4.75. The van der Waals surface area contributed by atoms with Crippen LogP contribution in [0.3, 0.4) is 0 Å². The largest absolute Gasteiger partial charge is 0.573 e. The second-order valence-corrected chi connectivity index (χ2v) is 7.25. The molecular formula is C19H18Cl2F3N3O3. The number of carbonyl (C=O) groups excluding carboxylic acids is 1. The van der Waals surface area contributed by atoms with Crippen molar-refractivity contribution < 1.29 is 27.4 Å². The molecule has 0 spiro atoms. The lowest BCUT2D eigenvalue weighted by Crippen LogP contribution is -2.57. The minimum absolute atomic E-state index is 0.154. The van der Waals surface area contributed by atoms with Gasteiger partial charge in [-0.2, -0.15) is 0 Å². The van der Waals surface area contributed by atoms with Gasteiger partial charge in [-0.3, -0.25) is 0 Å². The summed E-state index contributed by atoms with van der Waals surface area (Å²) in [6.45, 7) is 1.74. The van der Waals surface area contributed by atoms with Crippen LogP contribution in [0, 0.1) is 0 Å². The number of ether oxygens (including phenoxy) is 2. The van der Waals surface area contributed by atoms with Crippen molar-refractivity contribution in [3.05, 3.63) is 52.5 Å². The molecule has 1 aliphatic rings. The van der Waals surface area contributed by atoms with Crippen LogP contribution in [0.25, 0.3) is 0 Å². The quantitative estimate of drug-likeness (QED) is 0.669. The number of rotatable bonds is 5. The zero-order chi connectivity index (χ0) is 21.7. The van der Waals surface area contributed by atoms with E-state index in [9.17, 15) is 18.0 Å². The Labute approximate surface area is 180 Å². The molecule has 0 bridgehead atoms. The number of urea groups is 1. The molecule has 1 heterocycles. The van der Waals surface area contributed by atoms with Crippen LogP contribution in [-0.4, -0.2) is 49.6 Å². The lowest BCUT2D eigenvalue weighted by molar-refractivity contribution is -0.274. The summed E-state index contributed by atoms with van der Waals surface area (Å²) in [5, 5.41) is 6.67. The highest BCUT2D eigenvalue weighted by Gasteiger charge is 2.31. The van der Waals surface area contributed by atoms with Crippen LogP contribution in [0.4, 0.5) is 23.7 Å². The molecule has 6 nitrogen and oxygen atoms in total. The molecule has 30 heavy (non-hydrogen) atoms. The highest BCUT2D eigenvalue weighted by atomic mass is 35.5. The average Bonchev–Trinajstić information content (AvgIpc) is 2.69. The second-order valence-electron chi connectivity index (χ2n) is 6.44. The summed E-state index contributed by atoms with van der Waals surface area (Å²) in [5.41, 5.74) is 0.507. The fourth-order valence-corrected chi connectivity index (χ4v) is 3.17. The van der Waals surface area contributed by atoms with Gasteiger partial charge in [0.1, 0.15) is 18.1 Å². The molecule has 1 atom stereocenters. The fourth-order valence-electron chi connectivity index (χ4n) is 2.88. The summed E-state index contributed by atoms with van der Waals surface area (Å²) >= 11 is 11.9. The minimum Gasteiger partial charge on any atom is -0.491 e. The van der Waals surface area contributed by atoms with Crippen LogP contribution < -0.4 is 20.1 Å². The monoisotopic (exact) mass is 463 g/mol. The predicted molar refractivity (Wildman–Crippen MR) is 107 cm³/mol. The predicted octanol–water partition coefficient (Wildman–Crippen LogP) is 4.78. The van der Waals surface area contributed by atoms with Crippen molar-refractivity contribution in [3.8, 4) is 11.5 Å². The van der Waals surface area contributed by atoms with Crippen molar-refractivity contribution in [2.75, 3.05) is 31.6 Å². The molecule has 2 aromatic carbocycles. The number of alkyl halides is 3. The Balaban J connectivity index is 1.58. The van der Waals surface area contributed by atoms with E-state index in [4.69, 9.17) is 27.9 Å². The summed E-state index contributed by atoms with van der Waals surface area (Å²) in [4.78, 5) is 14.3. The first-order valence-corrected chi connectivity index (χ1v) is 9.69. The third kappa shape index (κ3) is 6.32. The number of nitrogens with zero attached hydrogens (tertiary/aromatic N) is 1. The van der Waals surface area contributed by atoms with E-state index in [1.165, 1.54) is 12.1 Å². The number of carbonyl (C=O) groups is 1. The van der Waals surface area contributed by atoms with Crippen molar-refractivity contribution in [2.24, 2.45) is 0 Å². The molecule has 2 amide bonds. The van der Waals surface area contributed by atoms with Crippen LogP contribution in [0.2, 0.25) is 10.0 Å². The summed E-state index contributed by atoms with van der Waals surface area (Å²) in [6.07, 6.45) is -4.75. The molecule has 1 fully saturated rings. The Morgan fingerprint density at radius 1 is 1.13 bits per heavy atom. The highest BCUT2D eigenvalue weighted by Crippen LogP contribution is 2.26. The molecule has 0 aliphatic carbocycles. The highest BCUT2D eigenvalue weighted by molar-refractivity contribution is 6.42. The maximum atomic E-state index is 12.7. The van der Waals surface area contributed by atoms with Gasteiger partial charge < -0.3 is 25.0 Å². The molecule has 2 aromatic rings. The van der Waals surface area contributed by atoms with Gasteiger partial charge in [0.2, 0.25) is 0 Å². The van der Waals surface area contributed by atoms with E-state index in [1.54, 1.807) is 23.1 Å². The molecule has 0 aromatic heterocycles. The van der Waals surface area contributed by atoms with Crippen molar-refractivity contribution in [2.45, 2.75) is 12.4 Å². The van der Waals surface area contributed by atoms with E-state index in [-0.39, 0.29) is 24.4 Å². The van der Waals surface area contributed by atoms with E-state index in [1.807, 2.05) is 0 Å². The first kappa shape index (κ1) is 22.3. The summed E-state index contributed by atoms with van der Waals surface area (Å²) in [7, 11) is 0. The maximum Gasteiger partial charge on any atom is 0.573 e. The van der Waals surface area contributed by atoms with Crippen LogP contribution in [0.15, 0.2) is 42.5 Å². The number of amides is 2. The third-order valence-corrected chi connectivity index (χ3v) is 5.02. The number of anilines is 1. The molecular weight excluding hydrogens is 446 g/mol. The Morgan fingerprint density at radius 2 is 1.83 bits per heavy atom. The van der Waals surface area contributed by atoms with Crippen LogP contribution in [-0.2, 0) is 0 Å². The van der Waals surface area contributed by atoms with Gasteiger partial charge in [-0.25, -0.2) is 4.79 Å². The van der Waals surface area contributed by atoms with Gasteiger partial charge in [0.15, 0.2) is 0 Å². The normalized spacial score (nSPS) is 16.8. The Bertz CT molecular complexity index is 882. The van der Waals surface area contributed by atoms with Gasteiger partial charge in [-0.1, -0.05) is 23.2 Å². The van der Waals surface area contributed by atoms with Gasteiger partial charge >= 0.3 is 12.4 Å². The average molecular weight is 464 g/mol. The van der Waals surface area contributed by atoms with E-state index < -0.39 is 6.36 Å². The van der Waals surface area contributed by atoms with E-state index >= 15 is 0 Å². The number of halogens is 5. The topological polar surface area (TPSA) is 62.8 Å². The molecule has 11 heteroatoms. The lowest BCUT2D eigenvalue weighted by atomic mass is 10.2. The number of nitrogens with one attached hydrogen (secondary N) is 2. The number of piperazine rings is 1. The Morgan fingerprint density at radius 3 is 2.50 bits per heavy atom. The van der Waals surface area contributed by atoms with Gasteiger partial charge in [0, 0.05) is 25.3 Å². The molecule has 3 rings (SSSR count). The van der Waals surface area contributed by atoms with Crippen molar-refractivity contribution in [1.29, 1.82) is 0 Å². The number of hydrogen-bond donors (Lipinski definition) is 2. The molecule has 1 saturated heterocycles. The molecule has 1 unspecified atom stereocenters. The van der Waals surface area contributed by atoms with Crippen LogP contribution >= 0.6 is 23.2 Å². The standard InChI is InChI=1S/C19H18Cl2F3N3O3/c20-16-6-1-12(9-17(16)21)26-18(28)27-8-7-25-10-13(27)11-29-14-2-4-15(5-3-14)30-19(22,23)24/h1-6,9,13,25H,7-8,10-11H2,(H,26,28). The van der Waals surface area contributed by atoms with E-state index in [2.05, 4.69) is 15.4 Å². The van der Waals surface area contributed by atoms with Gasteiger partial charge in [-0.05, 0) is 42.5 Å². The summed E-state index contributed by atoms with van der Waals surface area (Å²) < 4.78 is 46.2. The smallest absolute Gasteiger partial charge is 0.491 e. The van der Waals surface area contributed by atoms with Crippen LogP contribution in [0.5, 0.6) is 11.5 Å². The zero-order valence-electron chi connectivity index (χ0n) is 15.5. The Kier molecular flexibility index (Phi) is 7.17. The molecule has 2 N–H and O–H groups in total. The molecule has 0 saturated carbocycles. The van der Waals surface area contributed by atoms with Crippen molar-refractivity contribution in [1.82, 2.24) is 10.2 Å². The van der Waals surface area contributed by atoms with Gasteiger partial charge in [0.25, 0.3) is 0 Å². The number of hydrogen-bond acceptors (Lipinski definition) is 4. The lowest BCUT2D eigenvalue weighted by Gasteiger charge is -2.36.